The highest BCUT2D eigenvalue weighted by Crippen LogP contribution is 2.32. The van der Waals surface area contributed by atoms with Gasteiger partial charge >= 0.3 is 0 Å². The molecule has 0 unspecified atom stereocenters. The summed E-state index contributed by atoms with van der Waals surface area (Å²) in [5.41, 5.74) is 2.66. The summed E-state index contributed by atoms with van der Waals surface area (Å²) in [6, 6.07) is 7.80. The first-order valence-corrected chi connectivity index (χ1v) is 10.9. The summed E-state index contributed by atoms with van der Waals surface area (Å²) in [6.45, 7) is 4.88. The normalized spacial score (nSPS) is 19.6. The summed E-state index contributed by atoms with van der Waals surface area (Å²) in [7, 11) is 5.46. The molecule has 172 valence electrons. The van der Waals surface area contributed by atoms with Crippen LogP contribution in [0.25, 0.3) is 11.1 Å². The molecule has 1 amide bonds. The van der Waals surface area contributed by atoms with Gasteiger partial charge in [-0.15, -0.1) is 0 Å². The summed E-state index contributed by atoms with van der Waals surface area (Å²) < 4.78 is 16.8. The Balaban J connectivity index is 1.57. The van der Waals surface area contributed by atoms with Gasteiger partial charge in [0.05, 0.1) is 45.7 Å². The van der Waals surface area contributed by atoms with Gasteiger partial charge in [0.15, 0.2) is 0 Å². The topological polar surface area (TPSA) is 80.3 Å². The standard InChI is InChI=1S/C23H31N5O4/c1-26(2)23-24-14-19(17-4-6-18(30-3)7-5-17)22(25-23)20-15-28(10-13-32-20)21(29)16-27-8-11-31-12-9-27/h4-7,14,20H,8-13,15-16H2,1-3H3/t20-/m0/s1. The first-order valence-electron chi connectivity index (χ1n) is 10.9. The fraction of sp³-hybridized carbons (Fsp3) is 0.522. The molecule has 0 saturated carbocycles. The molecule has 0 N–H and O–H groups in total. The average molecular weight is 442 g/mol. The van der Waals surface area contributed by atoms with E-state index in [4.69, 9.17) is 19.2 Å². The quantitative estimate of drug-likeness (QED) is 0.667. The fourth-order valence-corrected chi connectivity index (χ4v) is 3.93. The molecular weight excluding hydrogens is 410 g/mol. The molecule has 0 spiro atoms. The summed E-state index contributed by atoms with van der Waals surface area (Å²) in [4.78, 5) is 28.2. The number of carbonyl (C=O) groups is 1. The molecule has 0 aliphatic carbocycles. The minimum atomic E-state index is -0.323. The number of rotatable bonds is 6. The average Bonchev–Trinajstić information content (AvgIpc) is 2.84. The molecule has 4 rings (SSSR count). The van der Waals surface area contributed by atoms with Crippen LogP contribution in [0.5, 0.6) is 5.75 Å². The number of amides is 1. The van der Waals surface area contributed by atoms with Gasteiger partial charge in [0.1, 0.15) is 11.9 Å². The molecule has 3 heterocycles. The Morgan fingerprint density at radius 3 is 2.59 bits per heavy atom. The Morgan fingerprint density at radius 1 is 1.16 bits per heavy atom. The Bertz CT molecular complexity index is 915. The summed E-state index contributed by atoms with van der Waals surface area (Å²) in [6.07, 6.45) is 1.51. The van der Waals surface area contributed by atoms with E-state index in [1.54, 1.807) is 7.11 Å². The maximum atomic E-state index is 13.0. The van der Waals surface area contributed by atoms with Crippen molar-refractivity contribution >= 4 is 11.9 Å². The van der Waals surface area contributed by atoms with Crippen molar-refractivity contribution in [3.63, 3.8) is 0 Å². The van der Waals surface area contributed by atoms with Crippen LogP contribution >= 0.6 is 0 Å². The van der Waals surface area contributed by atoms with E-state index < -0.39 is 0 Å². The van der Waals surface area contributed by atoms with Crippen molar-refractivity contribution in [1.29, 1.82) is 0 Å². The number of carbonyl (C=O) groups excluding carboxylic acids is 1. The van der Waals surface area contributed by atoms with Gasteiger partial charge in [0.25, 0.3) is 0 Å². The number of nitrogens with zero attached hydrogens (tertiary/aromatic N) is 5. The number of anilines is 1. The molecule has 1 aromatic heterocycles. The highest BCUT2D eigenvalue weighted by atomic mass is 16.5. The zero-order chi connectivity index (χ0) is 22.5. The lowest BCUT2D eigenvalue weighted by Crippen LogP contribution is -2.48. The molecule has 9 heteroatoms. The Hall–Kier alpha value is -2.75. The molecule has 2 aromatic rings. The number of morpholine rings is 2. The third-order valence-corrected chi connectivity index (χ3v) is 5.79. The molecule has 0 radical (unpaired) electrons. The monoisotopic (exact) mass is 441 g/mol. The van der Waals surface area contributed by atoms with Crippen molar-refractivity contribution < 1.29 is 19.0 Å². The van der Waals surface area contributed by atoms with E-state index in [-0.39, 0.29) is 12.0 Å². The zero-order valence-corrected chi connectivity index (χ0v) is 19.0. The van der Waals surface area contributed by atoms with Gasteiger partial charge in [-0.1, -0.05) is 12.1 Å². The second-order valence-corrected chi connectivity index (χ2v) is 8.18. The number of aromatic nitrogens is 2. The van der Waals surface area contributed by atoms with E-state index in [2.05, 4.69) is 9.88 Å². The van der Waals surface area contributed by atoms with E-state index in [1.807, 2.05) is 54.4 Å². The highest BCUT2D eigenvalue weighted by molar-refractivity contribution is 5.78. The number of benzene rings is 1. The minimum Gasteiger partial charge on any atom is -0.497 e. The summed E-state index contributed by atoms with van der Waals surface area (Å²) in [5.74, 6) is 1.51. The van der Waals surface area contributed by atoms with Gasteiger partial charge in [0.2, 0.25) is 11.9 Å². The molecule has 2 aliphatic heterocycles. The van der Waals surface area contributed by atoms with Crippen LogP contribution in [0.3, 0.4) is 0 Å². The second kappa shape index (κ2) is 10.2. The van der Waals surface area contributed by atoms with Gasteiger partial charge in [0, 0.05) is 45.5 Å². The minimum absolute atomic E-state index is 0.119. The largest absolute Gasteiger partial charge is 0.497 e. The highest BCUT2D eigenvalue weighted by Gasteiger charge is 2.30. The van der Waals surface area contributed by atoms with Gasteiger partial charge < -0.3 is 24.0 Å². The van der Waals surface area contributed by atoms with Crippen molar-refractivity contribution in [3.05, 3.63) is 36.2 Å². The van der Waals surface area contributed by atoms with Gasteiger partial charge in [-0.05, 0) is 17.7 Å². The molecule has 2 saturated heterocycles. The number of hydrogen-bond acceptors (Lipinski definition) is 8. The number of ether oxygens (including phenoxy) is 3. The van der Waals surface area contributed by atoms with E-state index in [1.165, 1.54) is 0 Å². The van der Waals surface area contributed by atoms with Gasteiger partial charge in [-0.25, -0.2) is 9.97 Å². The van der Waals surface area contributed by atoms with Crippen LogP contribution in [-0.4, -0.2) is 99.4 Å². The summed E-state index contributed by atoms with van der Waals surface area (Å²) in [5, 5.41) is 0. The Labute approximate surface area is 188 Å². The van der Waals surface area contributed by atoms with E-state index in [9.17, 15) is 4.79 Å². The first-order chi connectivity index (χ1) is 15.5. The van der Waals surface area contributed by atoms with Crippen LogP contribution in [0.4, 0.5) is 5.95 Å². The Kier molecular flexibility index (Phi) is 7.19. The van der Waals surface area contributed by atoms with E-state index >= 15 is 0 Å². The predicted molar refractivity (Wildman–Crippen MR) is 121 cm³/mol. The molecule has 1 aromatic carbocycles. The summed E-state index contributed by atoms with van der Waals surface area (Å²) >= 11 is 0. The fourth-order valence-electron chi connectivity index (χ4n) is 3.93. The van der Waals surface area contributed by atoms with Crippen molar-refractivity contribution in [2.24, 2.45) is 0 Å². The van der Waals surface area contributed by atoms with Crippen LogP contribution in [0.1, 0.15) is 11.8 Å². The second-order valence-electron chi connectivity index (χ2n) is 8.18. The van der Waals surface area contributed by atoms with E-state index in [0.717, 1.165) is 35.7 Å². The third kappa shape index (κ3) is 5.17. The molecular formula is C23H31N5O4. The molecule has 2 fully saturated rings. The molecule has 0 bridgehead atoms. The van der Waals surface area contributed by atoms with Gasteiger partial charge in [-0.3, -0.25) is 9.69 Å². The van der Waals surface area contributed by atoms with Crippen molar-refractivity contribution in [1.82, 2.24) is 19.8 Å². The molecule has 1 atom stereocenters. The van der Waals surface area contributed by atoms with Crippen molar-refractivity contribution in [2.45, 2.75) is 6.10 Å². The van der Waals surface area contributed by atoms with Crippen LogP contribution in [-0.2, 0) is 14.3 Å². The van der Waals surface area contributed by atoms with Crippen LogP contribution in [0, 0.1) is 0 Å². The predicted octanol–water partition coefficient (Wildman–Crippen LogP) is 1.45. The van der Waals surface area contributed by atoms with Crippen molar-refractivity contribution in [2.75, 3.05) is 78.6 Å². The van der Waals surface area contributed by atoms with Crippen LogP contribution in [0.2, 0.25) is 0 Å². The maximum absolute atomic E-state index is 13.0. The van der Waals surface area contributed by atoms with Crippen molar-refractivity contribution in [3.8, 4) is 16.9 Å². The zero-order valence-electron chi connectivity index (χ0n) is 19.0. The van der Waals surface area contributed by atoms with Crippen LogP contribution in [0.15, 0.2) is 30.5 Å². The van der Waals surface area contributed by atoms with Gasteiger partial charge in [-0.2, -0.15) is 0 Å². The maximum Gasteiger partial charge on any atom is 0.236 e. The lowest BCUT2D eigenvalue weighted by atomic mass is 10.0. The SMILES string of the molecule is COc1ccc(-c2cnc(N(C)C)nc2[C@@H]2CN(C(=O)CN3CCOCC3)CCO2)cc1. The lowest BCUT2D eigenvalue weighted by molar-refractivity contribution is -0.141. The number of methoxy groups -OCH3 is 1. The Morgan fingerprint density at radius 2 is 1.91 bits per heavy atom. The third-order valence-electron chi connectivity index (χ3n) is 5.79. The van der Waals surface area contributed by atoms with Crippen LogP contribution < -0.4 is 9.64 Å². The molecule has 32 heavy (non-hydrogen) atoms. The molecule has 9 nitrogen and oxygen atoms in total. The first kappa shape index (κ1) is 22.4. The van der Waals surface area contributed by atoms with E-state index in [0.29, 0.717) is 45.4 Å². The smallest absolute Gasteiger partial charge is 0.236 e. The lowest BCUT2D eigenvalue weighted by Gasteiger charge is -2.35. The number of hydrogen-bond donors (Lipinski definition) is 0. The molecule has 2 aliphatic rings.